The summed E-state index contributed by atoms with van der Waals surface area (Å²) < 4.78 is 0. The molecule has 1 saturated heterocycles. The number of anilines is 2. The van der Waals surface area contributed by atoms with Crippen molar-refractivity contribution in [3.8, 4) is 0 Å². The van der Waals surface area contributed by atoms with Crippen LogP contribution in [0.2, 0.25) is 0 Å². The van der Waals surface area contributed by atoms with Crippen LogP contribution in [-0.2, 0) is 0 Å². The average Bonchev–Trinajstić information content (AvgIpc) is 2.56. The quantitative estimate of drug-likeness (QED) is 0.939. The van der Waals surface area contributed by atoms with E-state index < -0.39 is 6.10 Å². The predicted octanol–water partition coefficient (Wildman–Crippen LogP) is 2.46. The number of rotatable bonds is 3. The number of para-hydroxylation sites is 1. The van der Waals surface area contributed by atoms with Gasteiger partial charge in [0.05, 0.1) is 6.10 Å². The number of piperazine rings is 1. The Morgan fingerprint density at radius 2 is 1.62 bits per heavy atom. The molecule has 0 unspecified atom stereocenters. The minimum absolute atomic E-state index is 0.457. The number of benzene rings is 1. The van der Waals surface area contributed by atoms with Gasteiger partial charge in [0.2, 0.25) is 0 Å². The second-order valence-corrected chi connectivity index (χ2v) is 5.44. The zero-order valence-electron chi connectivity index (χ0n) is 12.3. The van der Waals surface area contributed by atoms with E-state index in [0.29, 0.717) is 0 Å². The van der Waals surface area contributed by atoms with Gasteiger partial charge in [0.1, 0.15) is 5.82 Å². The van der Waals surface area contributed by atoms with Crippen molar-refractivity contribution in [1.29, 1.82) is 0 Å². The molecular formula is C17H21N3O. The highest BCUT2D eigenvalue weighted by atomic mass is 16.3. The highest BCUT2D eigenvalue weighted by Gasteiger charge is 2.18. The number of hydrogen-bond donors (Lipinski definition) is 1. The number of aliphatic hydroxyl groups is 1. The van der Waals surface area contributed by atoms with Crippen LogP contribution in [0.4, 0.5) is 11.5 Å². The standard InChI is InChI=1S/C17H21N3O/c1-14(21)15-7-8-17(18-13-15)20-11-9-19(10-12-20)16-5-3-2-4-6-16/h2-8,13-14,21H,9-12H2,1H3/t14-/m1/s1. The summed E-state index contributed by atoms with van der Waals surface area (Å²) in [7, 11) is 0. The fourth-order valence-electron chi connectivity index (χ4n) is 2.66. The minimum atomic E-state index is -0.457. The number of aliphatic hydroxyl groups excluding tert-OH is 1. The lowest BCUT2D eigenvalue weighted by Crippen LogP contribution is -2.46. The summed E-state index contributed by atoms with van der Waals surface area (Å²) >= 11 is 0. The highest BCUT2D eigenvalue weighted by molar-refractivity contribution is 5.49. The predicted molar refractivity (Wildman–Crippen MR) is 85.7 cm³/mol. The van der Waals surface area contributed by atoms with Crippen molar-refractivity contribution in [2.24, 2.45) is 0 Å². The molecule has 1 fully saturated rings. The van der Waals surface area contributed by atoms with Gasteiger partial charge in [0.25, 0.3) is 0 Å². The molecule has 0 bridgehead atoms. The largest absolute Gasteiger partial charge is 0.389 e. The highest BCUT2D eigenvalue weighted by Crippen LogP contribution is 2.20. The van der Waals surface area contributed by atoms with Crippen molar-refractivity contribution in [1.82, 2.24) is 4.98 Å². The summed E-state index contributed by atoms with van der Waals surface area (Å²) in [4.78, 5) is 9.17. The van der Waals surface area contributed by atoms with E-state index in [-0.39, 0.29) is 0 Å². The molecule has 0 radical (unpaired) electrons. The zero-order chi connectivity index (χ0) is 14.7. The van der Waals surface area contributed by atoms with Crippen molar-refractivity contribution in [3.05, 3.63) is 54.2 Å². The van der Waals surface area contributed by atoms with Gasteiger partial charge in [-0.1, -0.05) is 24.3 Å². The van der Waals surface area contributed by atoms with Gasteiger partial charge in [0.15, 0.2) is 0 Å². The molecule has 1 aliphatic heterocycles. The molecular weight excluding hydrogens is 262 g/mol. The number of aromatic nitrogens is 1. The number of pyridine rings is 1. The molecule has 21 heavy (non-hydrogen) atoms. The number of nitrogens with zero attached hydrogens (tertiary/aromatic N) is 3. The molecule has 1 aromatic heterocycles. The van der Waals surface area contributed by atoms with Crippen molar-refractivity contribution >= 4 is 11.5 Å². The normalized spacial score (nSPS) is 16.9. The molecule has 3 rings (SSSR count). The Morgan fingerprint density at radius 3 is 2.19 bits per heavy atom. The second-order valence-electron chi connectivity index (χ2n) is 5.44. The molecule has 2 aromatic rings. The first kappa shape index (κ1) is 13.9. The SMILES string of the molecule is C[C@@H](O)c1ccc(N2CCN(c3ccccc3)CC2)nc1. The van der Waals surface area contributed by atoms with Gasteiger partial charge in [0, 0.05) is 38.1 Å². The van der Waals surface area contributed by atoms with E-state index in [1.54, 1.807) is 13.1 Å². The summed E-state index contributed by atoms with van der Waals surface area (Å²) in [6.07, 6.45) is 1.31. The van der Waals surface area contributed by atoms with Crippen molar-refractivity contribution < 1.29 is 5.11 Å². The third-order valence-corrected chi connectivity index (χ3v) is 3.98. The molecule has 110 valence electrons. The van der Waals surface area contributed by atoms with Crippen LogP contribution in [0.25, 0.3) is 0 Å². The summed E-state index contributed by atoms with van der Waals surface area (Å²) in [5.41, 5.74) is 2.15. The lowest BCUT2D eigenvalue weighted by Gasteiger charge is -2.36. The van der Waals surface area contributed by atoms with Gasteiger partial charge in [-0.2, -0.15) is 0 Å². The third kappa shape index (κ3) is 3.16. The molecule has 0 spiro atoms. The van der Waals surface area contributed by atoms with Gasteiger partial charge in [-0.15, -0.1) is 0 Å². The Morgan fingerprint density at radius 1 is 0.952 bits per heavy atom. The zero-order valence-corrected chi connectivity index (χ0v) is 12.3. The average molecular weight is 283 g/mol. The Hall–Kier alpha value is -2.07. The third-order valence-electron chi connectivity index (χ3n) is 3.98. The summed E-state index contributed by atoms with van der Waals surface area (Å²) in [6, 6.07) is 14.5. The van der Waals surface area contributed by atoms with E-state index in [0.717, 1.165) is 37.6 Å². The van der Waals surface area contributed by atoms with E-state index in [2.05, 4.69) is 39.0 Å². The molecule has 0 saturated carbocycles. The molecule has 2 heterocycles. The number of hydrogen-bond acceptors (Lipinski definition) is 4. The van der Waals surface area contributed by atoms with E-state index in [9.17, 15) is 5.11 Å². The van der Waals surface area contributed by atoms with E-state index >= 15 is 0 Å². The van der Waals surface area contributed by atoms with Crippen LogP contribution in [-0.4, -0.2) is 36.3 Å². The maximum absolute atomic E-state index is 9.53. The molecule has 0 aliphatic carbocycles. The van der Waals surface area contributed by atoms with Crippen molar-refractivity contribution in [2.45, 2.75) is 13.0 Å². The lowest BCUT2D eigenvalue weighted by atomic mass is 10.2. The van der Waals surface area contributed by atoms with Gasteiger partial charge >= 0.3 is 0 Å². The minimum Gasteiger partial charge on any atom is -0.389 e. The fourth-order valence-corrected chi connectivity index (χ4v) is 2.66. The van der Waals surface area contributed by atoms with Crippen LogP contribution < -0.4 is 9.80 Å². The van der Waals surface area contributed by atoms with E-state index in [1.165, 1.54) is 5.69 Å². The maximum atomic E-state index is 9.53. The smallest absolute Gasteiger partial charge is 0.128 e. The second kappa shape index (κ2) is 6.14. The molecule has 1 N–H and O–H groups in total. The van der Waals surface area contributed by atoms with Crippen LogP contribution in [0.3, 0.4) is 0 Å². The first-order chi connectivity index (χ1) is 10.2. The fraction of sp³-hybridized carbons (Fsp3) is 0.353. The monoisotopic (exact) mass is 283 g/mol. The molecule has 4 heteroatoms. The van der Waals surface area contributed by atoms with Crippen LogP contribution >= 0.6 is 0 Å². The summed E-state index contributed by atoms with van der Waals surface area (Å²) in [5.74, 6) is 0.993. The Balaban J connectivity index is 1.63. The molecule has 0 amide bonds. The Kier molecular flexibility index (Phi) is 4.06. The van der Waals surface area contributed by atoms with Crippen LogP contribution in [0.15, 0.2) is 48.7 Å². The summed E-state index contributed by atoms with van der Waals surface area (Å²) in [6.45, 7) is 5.70. The molecule has 1 atom stereocenters. The molecule has 4 nitrogen and oxygen atoms in total. The lowest BCUT2D eigenvalue weighted by molar-refractivity contribution is 0.199. The first-order valence-electron chi connectivity index (χ1n) is 7.43. The Labute approximate surface area is 125 Å². The Bertz CT molecular complexity index is 560. The van der Waals surface area contributed by atoms with Gasteiger partial charge < -0.3 is 14.9 Å². The van der Waals surface area contributed by atoms with E-state index in [1.807, 2.05) is 18.2 Å². The van der Waals surface area contributed by atoms with E-state index in [4.69, 9.17) is 0 Å². The maximum Gasteiger partial charge on any atom is 0.128 e. The van der Waals surface area contributed by atoms with Crippen molar-refractivity contribution in [3.63, 3.8) is 0 Å². The first-order valence-corrected chi connectivity index (χ1v) is 7.43. The van der Waals surface area contributed by atoms with Gasteiger partial charge in [-0.25, -0.2) is 4.98 Å². The van der Waals surface area contributed by atoms with Crippen LogP contribution in [0.5, 0.6) is 0 Å². The summed E-state index contributed by atoms with van der Waals surface area (Å²) in [5, 5.41) is 9.53. The molecule has 1 aromatic carbocycles. The van der Waals surface area contributed by atoms with Crippen molar-refractivity contribution in [2.75, 3.05) is 36.0 Å². The molecule has 1 aliphatic rings. The van der Waals surface area contributed by atoms with Crippen LogP contribution in [0, 0.1) is 0 Å². The van der Waals surface area contributed by atoms with Gasteiger partial charge in [-0.05, 0) is 30.7 Å². The topological polar surface area (TPSA) is 39.6 Å². The van der Waals surface area contributed by atoms with Gasteiger partial charge in [-0.3, -0.25) is 0 Å². The van der Waals surface area contributed by atoms with Crippen LogP contribution in [0.1, 0.15) is 18.6 Å².